The van der Waals surface area contributed by atoms with E-state index in [1.807, 2.05) is 6.07 Å². The van der Waals surface area contributed by atoms with E-state index in [1.54, 1.807) is 14.2 Å². The van der Waals surface area contributed by atoms with Gasteiger partial charge in [-0.25, -0.2) is 0 Å². The first-order valence-corrected chi connectivity index (χ1v) is 8.85. The number of benzene rings is 1. The van der Waals surface area contributed by atoms with E-state index >= 15 is 0 Å². The minimum Gasteiger partial charge on any atom is -0.493 e. The quantitative estimate of drug-likeness (QED) is 0.904. The average molecular weight is 327 g/mol. The lowest BCUT2D eigenvalue weighted by Crippen LogP contribution is -2.38. The predicted molar refractivity (Wildman–Crippen MR) is 96.4 cm³/mol. The van der Waals surface area contributed by atoms with Crippen LogP contribution >= 0.6 is 0 Å². The maximum absolute atomic E-state index is 5.52. The zero-order chi connectivity index (χ0) is 16.5. The highest BCUT2D eigenvalue weighted by atomic mass is 16.5. The Morgan fingerprint density at radius 3 is 2.71 bits per heavy atom. The minimum absolute atomic E-state index is 0.474. The summed E-state index contributed by atoms with van der Waals surface area (Å²) in [6.45, 7) is 2.14. The summed E-state index contributed by atoms with van der Waals surface area (Å²) in [5.41, 5.74) is 4.86. The largest absolute Gasteiger partial charge is 0.493 e. The summed E-state index contributed by atoms with van der Waals surface area (Å²) in [6, 6.07) is 4.54. The predicted octanol–water partition coefficient (Wildman–Crippen LogP) is 2.90. The third-order valence-corrected chi connectivity index (χ3v) is 5.16. The van der Waals surface area contributed by atoms with Crippen molar-refractivity contribution in [2.24, 2.45) is 0 Å². The van der Waals surface area contributed by atoms with Crippen molar-refractivity contribution in [1.29, 1.82) is 0 Å². The second kappa shape index (κ2) is 6.48. The third kappa shape index (κ3) is 2.67. The van der Waals surface area contributed by atoms with Gasteiger partial charge in [-0.3, -0.25) is 4.98 Å². The van der Waals surface area contributed by atoms with E-state index in [4.69, 9.17) is 14.5 Å². The molecule has 5 nitrogen and oxygen atoms in total. The third-order valence-electron chi connectivity index (χ3n) is 5.16. The van der Waals surface area contributed by atoms with Gasteiger partial charge in [-0.1, -0.05) is 0 Å². The number of piperidine rings is 1. The zero-order valence-electron chi connectivity index (χ0n) is 14.4. The first-order valence-electron chi connectivity index (χ1n) is 8.85. The van der Waals surface area contributed by atoms with Crippen molar-refractivity contribution < 1.29 is 9.47 Å². The smallest absolute Gasteiger partial charge is 0.162 e. The summed E-state index contributed by atoms with van der Waals surface area (Å²) in [4.78, 5) is 4.90. The minimum atomic E-state index is 0.474. The van der Waals surface area contributed by atoms with Gasteiger partial charge in [-0.15, -0.1) is 0 Å². The molecule has 1 fully saturated rings. The Morgan fingerprint density at radius 2 is 1.96 bits per heavy atom. The number of aromatic nitrogens is 1. The van der Waals surface area contributed by atoms with Crippen LogP contribution in [0.1, 0.15) is 30.5 Å². The summed E-state index contributed by atoms with van der Waals surface area (Å²) >= 11 is 0. The number of ether oxygens (including phenoxy) is 2. The molecule has 0 saturated carbocycles. The standard InChI is InChI=1S/C19H25N3O2/c1-23-17-9-14-16(10-18(17)24-2)22-15-7-3-6-13(15)19(14)21-12-5-4-8-20-11-12/h9-10,12,20H,3-8,11H2,1-2H3,(H,21,22). The fourth-order valence-corrected chi connectivity index (χ4v) is 3.93. The second-order valence-corrected chi connectivity index (χ2v) is 6.68. The number of fused-ring (bicyclic) bond motifs is 2. The molecule has 1 unspecified atom stereocenters. The molecule has 4 rings (SSSR count). The van der Waals surface area contributed by atoms with Gasteiger partial charge in [-0.05, 0) is 50.3 Å². The number of rotatable bonds is 4. The molecular formula is C19H25N3O2. The lowest BCUT2D eigenvalue weighted by molar-refractivity contribution is 0.356. The summed E-state index contributed by atoms with van der Waals surface area (Å²) < 4.78 is 11.0. The van der Waals surface area contributed by atoms with E-state index in [0.717, 1.165) is 48.3 Å². The molecule has 1 saturated heterocycles. The van der Waals surface area contributed by atoms with Gasteiger partial charge in [0.1, 0.15) is 0 Å². The van der Waals surface area contributed by atoms with Gasteiger partial charge < -0.3 is 20.1 Å². The van der Waals surface area contributed by atoms with Crippen LogP contribution in [-0.2, 0) is 12.8 Å². The van der Waals surface area contributed by atoms with Crippen molar-refractivity contribution >= 4 is 16.6 Å². The van der Waals surface area contributed by atoms with Crippen LogP contribution in [0, 0.1) is 0 Å². The van der Waals surface area contributed by atoms with E-state index < -0.39 is 0 Å². The summed E-state index contributed by atoms with van der Waals surface area (Å²) in [6.07, 6.45) is 5.79. The van der Waals surface area contributed by atoms with Crippen molar-refractivity contribution in [3.8, 4) is 11.5 Å². The number of pyridine rings is 1. The summed E-state index contributed by atoms with van der Waals surface area (Å²) in [5.74, 6) is 1.50. The number of nitrogens with one attached hydrogen (secondary N) is 2. The molecule has 0 spiro atoms. The first kappa shape index (κ1) is 15.5. The summed E-state index contributed by atoms with van der Waals surface area (Å²) in [5, 5.41) is 8.44. The van der Waals surface area contributed by atoms with Gasteiger partial charge in [0.05, 0.1) is 19.7 Å². The molecule has 24 heavy (non-hydrogen) atoms. The molecule has 1 atom stereocenters. The van der Waals surface area contributed by atoms with Crippen molar-refractivity contribution in [2.75, 3.05) is 32.6 Å². The van der Waals surface area contributed by atoms with Crippen LogP contribution < -0.4 is 20.1 Å². The highest BCUT2D eigenvalue weighted by Gasteiger charge is 2.23. The Hall–Kier alpha value is -2.01. The number of anilines is 1. The van der Waals surface area contributed by atoms with Crippen molar-refractivity contribution in [2.45, 2.75) is 38.1 Å². The number of aryl methyl sites for hydroxylation is 1. The van der Waals surface area contributed by atoms with E-state index in [9.17, 15) is 0 Å². The molecule has 5 heteroatoms. The Labute approximate surface area is 142 Å². The van der Waals surface area contributed by atoms with Crippen molar-refractivity contribution in [1.82, 2.24) is 10.3 Å². The van der Waals surface area contributed by atoms with Crippen LogP contribution in [0.3, 0.4) is 0 Å². The maximum atomic E-state index is 5.52. The average Bonchev–Trinajstić information content (AvgIpc) is 3.09. The summed E-state index contributed by atoms with van der Waals surface area (Å²) in [7, 11) is 3.35. The number of hydrogen-bond donors (Lipinski definition) is 2. The van der Waals surface area contributed by atoms with Gasteiger partial charge >= 0.3 is 0 Å². The normalized spacial score (nSPS) is 20.0. The molecule has 2 heterocycles. The van der Waals surface area contributed by atoms with E-state index in [-0.39, 0.29) is 0 Å². The van der Waals surface area contributed by atoms with Gasteiger partial charge in [0.15, 0.2) is 11.5 Å². The molecule has 128 valence electrons. The lowest BCUT2D eigenvalue weighted by atomic mass is 10.0. The van der Waals surface area contributed by atoms with Crippen LogP contribution in [0.2, 0.25) is 0 Å². The number of nitrogens with zero attached hydrogens (tertiary/aromatic N) is 1. The molecule has 2 aromatic rings. The molecule has 1 aliphatic carbocycles. The maximum Gasteiger partial charge on any atom is 0.162 e. The first-order chi connectivity index (χ1) is 11.8. The van der Waals surface area contributed by atoms with Crippen LogP contribution in [0.25, 0.3) is 10.9 Å². The van der Waals surface area contributed by atoms with E-state index in [1.165, 1.54) is 36.2 Å². The molecule has 0 radical (unpaired) electrons. The van der Waals surface area contributed by atoms with Crippen molar-refractivity contribution in [3.05, 3.63) is 23.4 Å². The van der Waals surface area contributed by atoms with Crippen LogP contribution in [0.5, 0.6) is 11.5 Å². The fraction of sp³-hybridized carbons (Fsp3) is 0.526. The Bertz CT molecular complexity index is 754. The Kier molecular flexibility index (Phi) is 4.19. The van der Waals surface area contributed by atoms with E-state index in [2.05, 4.69) is 16.7 Å². The second-order valence-electron chi connectivity index (χ2n) is 6.68. The fourth-order valence-electron chi connectivity index (χ4n) is 3.93. The van der Waals surface area contributed by atoms with Gasteiger partial charge in [0.25, 0.3) is 0 Å². The number of hydrogen-bond acceptors (Lipinski definition) is 5. The molecule has 2 aliphatic rings. The van der Waals surface area contributed by atoms with Crippen LogP contribution in [0.15, 0.2) is 12.1 Å². The van der Waals surface area contributed by atoms with Gasteiger partial charge in [0.2, 0.25) is 0 Å². The lowest BCUT2D eigenvalue weighted by Gasteiger charge is -2.27. The van der Waals surface area contributed by atoms with Crippen LogP contribution in [-0.4, -0.2) is 38.3 Å². The zero-order valence-corrected chi connectivity index (χ0v) is 14.4. The highest BCUT2D eigenvalue weighted by molar-refractivity contribution is 5.96. The molecule has 1 aromatic carbocycles. The van der Waals surface area contributed by atoms with Gasteiger partial charge in [-0.2, -0.15) is 0 Å². The number of methoxy groups -OCH3 is 2. The SMILES string of the molecule is COc1cc2nc3c(c(NC4CCCNC4)c2cc1OC)CCC3. The molecule has 0 amide bonds. The van der Waals surface area contributed by atoms with E-state index in [0.29, 0.717) is 6.04 Å². The molecule has 1 aliphatic heterocycles. The monoisotopic (exact) mass is 327 g/mol. The molecule has 0 bridgehead atoms. The highest BCUT2D eigenvalue weighted by Crippen LogP contribution is 2.39. The Morgan fingerprint density at radius 1 is 1.12 bits per heavy atom. The van der Waals surface area contributed by atoms with Crippen molar-refractivity contribution in [3.63, 3.8) is 0 Å². The van der Waals surface area contributed by atoms with Gasteiger partial charge in [0, 0.05) is 35.4 Å². The molecular weight excluding hydrogens is 302 g/mol. The Balaban J connectivity index is 1.85. The molecule has 1 aromatic heterocycles. The molecule has 2 N–H and O–H groups in total. The van der Waals surface area contributed by atoms with Crippen LogP contribution in [0.4, 0.5) is 5.69 Å². The topological polar surface area (TPSA) is 55.4 Å².